The van der Waals surface area contributed by atoms with Gasteiger partial charge in [-0.25, -0.2) is 4.79 Å². The summed E-state index contributed by atoms with van der Waals surface area (Å²) < 4.78 is 4.66. The van der Waals surface area contributed by atoms with Crippen molar-refractivity contribution in [3.05, 3.63) is 21.9 Å². The van der Waals surface area contributed by atoms with Crippen molar-refractivity contribution in [1.29, 1.82) is 0 Å². The molecule has 0 bridgehead atoms. The quantitative estimate of drug-likeness (QED) is 0.816. The molecule has 1 aliphatic heterocycles. The predicted molar refractivity (Wildman–Crippen MR) is 62.9 cm³/mol. The van der Waals surface area contributed by atoms with E-state index in [0.717, 1.165) is 6.54 Å². The molecule has 1 N–H and O–H groups in total. The van der Waals surface area contributed by atoms with Crippen molar-refractivity contribution in [2.45, 2.75) is 18.9 Å². The number of nitrogens with one attached hydrogen (secondary N) is 1. The van der Waals surface area contributed by atoms with Crippen LogP contribution in [0.5, 0.6) is 0 Å². The van der Waals surface area contributed by atoms with Crippen LogP contribution in [0.25, 0.3) is 0 Å². The van der Waals surface area contributed by atoms with E-state index < -0.39 is 0 Å². The van der Waals surface area contributed by atoms with Crippen LogP contribution in [0.3, 0.4) is 0 Å². The van der Waals surface area contributed by atoms with Crippen molar-refractivity contribution < 1.29 is 9.53 Å². The van der Waals surface area contributed by atoms with Gasteiger partial charge in [0.15, 0.2) is 0 Å². The Balaban J connectivity index is 0.00000112. The highest BCUT2D eigenvalue weighted by Gasteiger charge is 2.19. The fraction of sp³-hybridized carbons (Fsp3) is 0.500. The minimum Gasteiger partial charge on any atom is -0.465 e. The number of carbonyl (C=O) groups is 1. The van der Waals surface area contributed by atoms with Gasteiger partial charge in [-0.05, 0) is 25.5 Å². The first-order chi connectivity index (χ1) is 6.81. The van der Waals surface area contributed by atoms with Gasteiger partial charge in [0.1, 0.15) is 0 Å². The topological polar surface area (TPSA) is 38.3 Å². The molecule has 1 fully saturated rings. The molecule has 0 radical (unpaired) electrons. The lowest BCUT2D eigenvalue weighted by Crippen LogP contribution is -2.11. The molecule has 15 heavy (non-hydrogen) atoms. The van der Waals surface area contributed by atoms with Crippen LogP contribution in [0, 0.1) is 0 Å². The number of hydrogen-bond donors (Lipinski definition) is 1. The molecule has 0 amide bonds. The first-order valence-corrected chi connectivity index (χ1v) is 5.59. The second kappa shape index (κ2) is 5.49. The molecule has 2 rings (SSSR count). The van der Waals surface area contributed by atoms with E-state index in [-0.39, 0.29) is 18.4 Å². The molecule has 1 aromatic rings. The van der Waals surface area contributed by atoms with Crippen LogP contribution in [0.4, 0.5) is 0 Å². The minimum atomic E-state index is -0.245. The zero-order valence-corrected chi connectivity index (χ0v) is 10.1. The first-order valence-electron chi connectivity index (χ1n) is 4.71. The van der Waals surface area contributed by atoms with Crippen LogP contribution >= 0.6 is 23.7 Å². The Kier molecular flexibility index (Phi) is 4.57. The van der Waals surface area contributed by atoms with Gasteiger partial charge in [-0.2, -0.15) is 0 Å². The molecule has 1 aliphatic rings. The van der Waals surface area contributed by atoms with Crippen LogP contribution in [-0.2, 0) is 4.74 Å². The average Bonchev–Trinajstić information content (AvgIpc) is 2.86. The number of methoxy groups -OCH3 is 1. The van der Waals surface area contributed by atoms with Gasteiger partial charge in [-0.3, -0.25) is 0 Å². The van der Waals surface area contributed by atoms with Gasteiger partial charge in [0, 0.05) is 16.3 Å². The summed E-state index contributed by atoms with van der Waals surface area (Å²) in [5.41, 5.74) is 0.668. The van der Waals surface area contributed by atoms with E-state index in [1.54, 1.807) is 11.3 Å². The molecule has 1 atom stereocenters. The molecule has 5 heteroatoms. The third-order valence-electron chi connectivity index (χ3n) is 2.44. The Labute approximate surface area is 99.2 Å². The lowest BCUT2D eigenvalue weighted by molar-refractivity contribution is 0.0601. The van der Waals surface area contributed by atoms with Crippen molar-refractivity contribution >= 4 is 29.7 Å². The zero-order valence-electron chi connectivity index (χ0n) is 8.49. The van der Waals surface area contributed by atoms with Crippen molar-refractivity contribution in [1.82, 2.24) is 5.32 Å². The molecule has 1 saturated heterocycles. The molecular weight excluding hydrogens is 234 g/mol. The van der Waals surface area contributed by atoms with E-state index in [4.69, 9.17) is 0 Å². The predicted octanol–water partition coefficient (Wildman–Crippen LogP) is 2.38. The lowest BCUT2D eigenvalue weighted by atomic mass is 10.2. The van der Waals surface area contributed by atoms with E-state index >= 15 is 0 Å². The summed E-state index contributed by atoms with van der Waals surface area (Å²) in [6.45, 7) is 1.08. The van der Waals surface area contributed by atoms with Gasteiger partial charge in [0.2, 0.25) is 0 Å². The summed E-state index contributed by atoms with van der Waals surface area (Å²) in [6, 6.07) is 2.37. The SMILES string of the molecule is COC(=O)c1csc(C2CCCN2)c1.Cl. The molecule has 1 unspecified atom stereocenters. The van der Waals surface area contributed by atoms with Crippen molar-refractivity contribution in [2.24, 2.45) is 0 Å². The number of halogens is 1. The fourth-order valence-corrected chi connectivity index (χ4v) is 2.68. The first kappa shape index (κ1) is 12.5. The summed E-state index contributed by atoms with van der Waals surface area (Å²) in [5, 5.41) is 5.26. The highest BCUT2D eigenvalue weighted by molar-refractivity contribution is 7.10. The molecule has 0 aromatic carbocycles. The Bertz CT molecular complexity index is 334. The van der Waals surface area contributed by atoms with Gasteiger partial charge in [0.25, 0.3) is 0 Å². The Morgan fingerprint density at radius 2 is 2.47 bits per heavy atom. The van der Waals surface area contributed by atoms with Crippen molar-refractivity contribution in [3.63, 3.8) is 0 Å². The summed E-state index contributed by atoms with van der Waals surface area (Å²) in [7, 11) is 1.41. The normalized spacial score (nSPS) is 19.7. The maximum Gasteiger partial charge on any atom is 0.338 e. The van der Waals surface area contributed by atoms with Crippen LogP contribution in [0.1, 0.15) is 34.1 Å². The van der Waals surface area contributed by atoms with E-state index in [1.165, 1.54) is 24.8 Å². The average molecular weight is 248 g/mol. The zero-order chi connectivity index (χ0) is 9.97. The van der Waals surface area contributed by atoms with Gasteiger partial charge in [-0.1, -0.05) is 0 Å². The Morgan fingerprint density at radius 3 is 3.07 bits per heavy atom. The highest BCUT2D eigenvalue weighted by atomic mass is 35.5. The third-order valence-corrected chi connectivity index (χ3v) is 3.49. The number of carbonyl (C=O) groups excluding carboxylic acids is 1. The second-order valence-electron chi connectivity index (χ2n) is 3.38. The summed E-state index contributed by atoms with van der Waals surface area (Å²) in [6.07, 6.45) is 2.39. The maximum absolute atomic E-state index is 11.2. The number of hydrogen-bond acceptors (Lipinski definition) is 4. The van der Waals surface area contributed by atoms with Gasteiger partial charge < -0.3 is 10.1 Å². The van der Waals surface area contributed by atoms with Crippen LogP contribution in [0.15, 0.2) is 11.4 Å². The van der Waals surface area contributed by atoms with Crippen LogP contribution in [-0.4, -0.2) is 19.6 Å². The van der Waals surface area contributed by atoms with Crippen molar-refractivity contribution in [3.8, 4) is 0 Å². The van der Waals surface area contributed by atoms with Gasteiger partial charge >= 0.3 is 5.97 Å². The van der Waals surface area contributed by atoms with Crippen LogP contribution in [0.2, 0.25) is 0 Å². The number of ether oxygens (including phenoxy) is 1. The summed E-state index contributed by atoms with van der Waals surface area (Å²) in [4.78, 5) is 12.4. The summed E-state index contributed by atoms with van der Waals surface area (Å²) >= 11 is 1.63. The molecule has 84 valence electrons. The smallest absolute Gasteiger partial charge is 0.338 e. The van der Waals surface area contributed by atoms with Crippen LogP contribution < -0.4 is 5.32 Å². The third kappa shape index (κ3) is 2.71. The Hall–Kier alpha value is -0.580. The molecule has 0 aliphatic carbocycles. The number of esters is 1. The van der Waals surface area contributed by atoms with E-state index in [9.17, 15) is 4.79 Å². The maximum atomic E-state index is 11.2. The van der Waals surface area contributed by atoms with E-state index in [1.807, 2.05) is 11.4 Å². The standard InChI is InChI=1S/C10H13NO2S.ClH/c1-13-10(12)7-5-9(14-6-7)8-3-2-4-11-8;/h5-6,8,11H,2-4H2,1H3;1H. The van der Waals surface area contributed by atoms with E-state index in [2.05, 4.69) is 10.1 Å². The largest absolute Gasteiger partial charge is 0.465 e. The van der Waals surface area contributed by atoms with E-state index in [0.29, 0.717) is 11.6 Å². The molecule has 0 saturated carbocycles. The second-order valence-corrected chi connectivity index (χ2v) is 4.32. The fourth-order valence-electron chi connectivity index (χ4n) is 1.69. The Morgan fingerprint density at radius 1 is 1.67 bits per heavy atom. The summed E-state index contributed by atoms with van der Waals surface area (Å²) in [5.74, 6) is -0.245. The number of thiophene rings is 1. The molecule has 0 spiro atoms. The minimum absolute atomic E-state index is 0. The van der Waals surface area contributed by atoms with Gasteiger partial charge in [0.05, 0.1) is 12.7 Å². The molecule has 3 nitrogen and oxygen atoms in total. The van der Waals surface area contributed by atoms with Gasteiger partial charge in [-0.15, -0.1) is 23.7 Å². The number of rotatable bonds is 2. The molecular formula is C10H14ClNO2S. The molecule has 2 heterocycles. The molecule has 1 aromatic heterocycles. The van der Waals surface area contributed by atoms with Crippen molar-refractivity contribution in [2.75, 3.05) is 13.7 Å². The monoisotopic (exact) mass is 247 g/mol. The lowest BCUT2D eigenvalue weighted by Gasteiger charge is -2.05. The highest BCUT2D eigenvalue weighted by Crippen LogP contribution is 2.28.